The molecule has 0 unspecified atom stereocenters. The third-order valence-electron chi connectivity index (χ3n) is 5.05. The van der Waals surface area contributed by atoms with Crippen molar-refractivity contribution in [3.8, 4) is 0 Å². The van der Waals surface area contributed by atoms with Crippen molar-refractivity contribution in [3.63, 3.8) is 0 Å². The number of sulfonamides is 1. The van der Waals surface area contributed by atoms with Crippen LogP contribution in [0.1, 0.15) is 39.7 Å². The summed E-state index contributed by atoms with van der Waals surface area (Å²) in [7, 11) is -4.07. The van der Waals surface area contributed by atoms with E-state index in [0.29, 0.717) is 21.0 Å². The van der Waals surface area contributed by atoms with Gasteiger partial charge in [-0.3, -0.25) is 13.9 Å². The summed E-state index contributed by atoms with van der Waals surface area (Å²) < 4.78 is 52.9. The van der Waals surface area contributed by atoms with Crippen LogP contribution in [0.3, 0.4) is 0 Å². The Bertz CT molecular complexity index is 1190. The normalized spacial score (nSPS) is 12.7. The number of hydrogen-bond acceptors (Lipinski definition) is 4. The largest absolute Gasteiger partial charge is 0.350 e. The van der Waals surface area contributed by atoms with Gasteiger partial charge in [-0.1, -0.05) is 36.7 Å². The molecule has 0 saturated carbocycles. The van der Waals surface area contributed by atoms with Crippen LogP contribution in [0.5, 0.6) is 0 Å². The molecule has 0 radical (unpaired) electrons. The highest BCUT2D eigenvalue weighted by molar-refractivity contribution is 7.92. The molecule has 0 heterocycles. The van der Waals surface area contributed by atoms with Crippen LogP contribution < -0.4 is 9.62 Å². The number of nitrogens with one attached hydrogen (secondary N) is 1. The van der Waals surface area contributed by atoms with Crippen molar-refractivity contribution >= 4 is 39.1 Å². The van der Waals surface area contributed by atoms with E-state index >= 15 is 0 Å². The Morgan fingerprint density at radius 2 is 1.71 bits per heavy atom. The zero-order chi connectivity index (χ0) is 26.6. The quantitative estimate of drug-likeness (QED) is 0.529. The third kappa shape index (κ3) is 7.90. The Hall–Kier alpha value is -2.72. The van der Waals surface area contributed by atoms with Gasteiger partial charge in [-0.15, -0.1) is 0 Å². The summed E-state index contributed by atoms with van der Waals surface area (Å²) in [6.07, 6.45) is 1.09. The predicted molar refractivity (Wildman–Crippen MR) is 133 cm³/mol. The van der Waals surface area contributed by atoms with Gasteiger partial charge in [0.25, 0.3) is 0 Å². The highest BCUT2D eigenvalue weighted by Gasteiger charge is 2.33. The van der Waals surface area contributed by atoms with Crippen LogP contribution in [0.25, 0.3) is 0 Å². The Morgan fingerprint density at radius 1 is 1.09 bits per heavy atom. The molecular formula is C24H30ClF2N3O4S. The molecule has 192 valence electrons. The number of halogens is 3. The van der Waals surface area contributed by atoms with Crippen molar-refractivity contribution in [1.82, 2.24) is 10.2 Å². The molecule has 0 aliphatic rings. The van der Waals surface area contributed by atoms with Crippen LogP contribution in [0, 0.1) is 11.6 Å². The van der Waals surface area contributed by atoms with Crippen molar-refractivity contribution in [2.24, 2.45) is 0 Å². The molecule has 1 atom stereocenters. The first kappa shape index (κ1) is 28.5. The monoisotopic (exact) mass is 529 g/mol. The molecule has 0 saturated heterocycles. The summed E-state index contributed by atoms with van der Waals surface area (Å²) in [5, 5.41) is 3.22. The van der Waals surface area contributed by atoms with E-state index in [-0.39, 0.29) is 18.7 Å². The number of carbonyl (C=O) groups is 2. The van der Waals surface area contributed by atoms with E-state index < -0.39 is 51.6 Å². The molecule has 35 heavy (non-hydrogen) atoms. The van der Waals surface area contributed by atoms with Crippen molar-refractivity contribution in [1.29, 1.82) is 0 Å². The number of hydrogen-bond donors (Lipinski definition) is 1. The lowest BCUT2D eigenvalue weighted by Gasteiger charge is -2.34. The fraction of sp³-hybridized carbons (Fsp3) is 0.417. The maximum Gasteiger partial charge on any atom is 0.244 e. The summed E-state index contributed by atoms with van der Waals surface area (Å²) in [4.78, 5) is 27.9. The number of anilines is 1. The van der Waals surface area contributed by atoms with Gasteiger partial charge in [-0.25, -0.2) is 17.2 Å². The minimum atomic E-state index is -4.07. The maximum absolute atomic E-state index is 13.8. The SMILES string of the molecule is CC[C@H](C(=O)NC(C)(C)C)N(Cc1ccccc1Cl)C(=O)CN(c1ccc(F)c(F)c1)S(C)(=O)=O. The average Bonchev–Trinajstić information content (AvgIpc) is 2.73. The van der Waals surface area contributed by atoms with Crippen LogP contribution >= 0.6 is 11.6 Å². The third-order valence-corrected chi connectivity index (χ3v) is 6.56. The van der Waals surface area contributed by atoms with Crippen LogP contribution in [0.4, 0.5) is 14.5 Å². The second-order valence-corrected chi connectivity index (χ2v) is 11.5. The summed E-state index contributed by atoms with van der Waals surface area (Å²) in [5.74, 6) is -3.54. The fourth-order valence-electron chi connectivity index (χ4n) is 3.44. The molecule has 2 amide bonds. The first-order valence-corrected chi connectivity index (χ1v) is 13.1. The van der Waals surface area contributed by atoms with Crippen LogP contribution in [-0.4, -0.2) is 49.5 Å². The molecular weight excluding hydrogens is 500 g/mol. The molecule has 11 heteroatoms. The first-order chi connectivity index (χ1) is 16.1. The lowest BCUT2D eigenvalue weighted by molar-refractivity contribution is -0.141. The Kier molecular flexibility index (Phi) is 9.24. The molecule has 0 spiro atoms. The van der Waals surface area contributed by atoms with Crippen molar-refractivity contribution < 1.29 is 26.8 Å². The van der Waals surface area contributed by atoms with Gasteiger partial charge < -0.3 is 10.2 Å². The second kappa shape index (κ2) is 11.3. The minimum Gasteiger partial charge on any atom is -0.350 e. The summed E-state index contributed by atoms with van der Waals surface area (Å²) in [6, 6.07) is 8.38. The van der Waals surface area contributed by atoms with E-state index in [0.717, 1.165) is 18.4 Å². The van der Waals surface area contributed by atoms with Gasteiger partial charge in [0.05, 0.1) is 11.9 Å². The van der Waals surface area contributed by atoms with Gasteiger partial charge in [0, 0.05) is 23.2 Å². The van der Waals surface area contributed by atoms with E-state index in [9.17, 15) is 26.8 Å². The molecule has 0 aliphatic carbocycles. The van der Waals surface area contributed by atoms with Gasteiger partial charge in [0.15, 0.2) is 11.6 Å². The lowest BCUT2D eigenvalue weighted by atomic mass is 10.1. The van der Waals surface area contributed by atoms with Crippen molar-refractivity contribution in [2.75, 3.05) is 17.1 Å². The number of benzene rings is 2. The zero-order valence-electron chi connectivity index (χ0n) is 20.3. The van der Waals surface area contributed by atoms with Gasteiger partial charge in [0.1, 0.15) is 12.6 Å². The number of amides is 2. The van der Waals surface area contributed by atoms with E-state index in [1.165, 1.54) is 4.90 Å². The topological polar surface area (TPSA) is 86.8 Å². The molecule has 2 aromatic rings. The molecule has 0 fully saturated rings. The van der Waals surface area contributed by atoms with E-state index in [1.54, 1.807) is 52.0 Å². The second-order valence-electron chi connectivity index (χ2n) is 9.14. The molecule has 7 nitrogen and oxygen atoms in total. The molecule has 0 bridgehead atoms. The maximum atomic E-state index is 13.8. The molecule has 1 N–H and O–H groups in total. The zero-order valence-corrected chi connectivity index (χ0v) is 21.9. The lowest BCUT2D eigenvalue weighted by Crippen LogP contribution is -2.55. The van der Waals surface area contributed by atoms with Gasteiger partial charge in [-0.05, 0) is 51.0 Å². The number of carbonyl (C=O) groups excluding carboxylic acids is 2. The number of rotatable bonds is 9. The standard InChI is InChI=1S/C24H30ClF2N3O4S/c1-6-21(23(32)28-24(2,3)4)29(14-16-9-7-8-10-18(16)25)22(31)15-30(35(5,33)34)17-11-12-19(26)20(27)13-17/h7-13,21H,6,14-15H2,1-5H3,(H,28,32)/t21-/m1/s1. The van der Waals surface area contributed by atoms with Crippen molar-refractivity contribution in [3.05, 3.63) is 64.7 Å². The predicted octanol–water partition coefficient (Wildman–Crippen LogP) is 4.11. The Morgan fingerprint density at radius 3 is 2.23 bits per heavy atom. The summed E-state index contributed by atoms with van der Waals surface area (Å²) in [6.45, 7) is 6.33. The fourth-order valence-corrected chi connectivity index (χ4v) is 4.47. The minimum absolute atomic E-state index is 0.0655. The first-order valence-electron chi connectivity index (χ1n) is 10.9. The molecule has 2 rings (SSSR count). The molecule has 0 aromatic heterocycles. The summed E-state index contributed by atoms with van der Waals surface area (Å²) >= 11 is 6.29. The van der Waals surface area contributed by atoms with Crippen molar-refractivity contribution in [2.45, 2.75) is 52.2 Å². The smallest absolute Gasteiger partial charge is 0.244 e. The summed E-state index contributed by atoms with van der Waals surface area (Å²) in [5.41, 5.74) is -0.235. The van der Waals surface area contributed by atoms with Gasteiger partial charge >= 0.3 is 0 Å². The van der Waals surface area contributed by atoms with E-state index in [4.69, 9.17) is 11.6 Å². The molecule has 0 aliphatic heterocycles. The van der Waals surface area contributed by atoms with Crippen LogP contribution in [0.15, 0.2) is 42.5 Å². The molecule has 2 aromatic carbocycles. The highest BCUT2D eigenvalue weighted by Crippen LogP contribution is 2.23. The number of nitrogens with zero attached hydrogens (tertiary/aromatic N) is 2. The van der Waals surface area contributed by atoms with Crippen LogP contribution in [0.2, 0.25) is 5.02 Å². The van der Waals surface area contributed by atoms with Crippen LogP contribution in [-0.2, 0) is 26.2 Å². The highest BCUT2D eigenvalue weighted by atomic mass is 35.5. The average molecular weight is 530 g/mol. The Labute approximate surface area is 210 Å². The van der Waals surface area contributed by atoms with Gasteiger partial charge in [-0.2, -0.15) is 0 Å². The van der Waals surface area contributed by atoms with E-state index in [1.807, 2.05) is 0 Å². The van der Waals surface area contributed by atoms with E-state index in [2.05, 4.69) is 5.32 Å². The Balaban J connectivity index is 2.49. The van der Waals surface area contributed by atoms with Gasteiger partial charge in [0.2, 0.25) is 21.8 Å².